The lowest BCUT2D eigenvalue weighted by Gasteiger charge is -2.09. The summed E-state index contributed by atoms with van der Waals surface area (Å²) in [5.41, 5.74) is 2.49. The second-order valence-electron chi connectivity index (χ2n) is 3.91. The third-order valence-electron chi connectivity index (χ3n) is 2.50. The standard InChI is InChI=1S/C12H20BNO/c1-4-13(5-2)15-10-11(3)9-12-7-6-8-14-12/h6-8,10,14H,4-5,9H2,1-3H3/b11-10+. The Labute approximate surface area is 92.8 Å². The van der Waals surface area contributed by atoms with E-state index in [9.17, 15) is 0 Å². The molecule has 1 rings (SSSR count). The van der Waals surface area contributed by atoms with Gasteiger partial charge in [0.15, 0.2) is 0 Å². The molecule has 3 heteroatoms. The molecular weight excluding hydrogens is 185 g/mol. The molecule has 0 unspecified atom stereocenters. The van der Waals surface area contributed by atoms with Crippen LogP contribution in [0.2, 0.25) is 12.6 Å². The summed E-state index contributed by atoms with van der Waals surface area (Å²) in [4.78, 5) is 3.19. The van der Waals surface area contributed by atoms with Gasteiger partial charge in [0.1, 0.15) is 0 Å². The van der Waals surface area contributed by atoms with Crippen LogP contribution in [-0.4, -0.2) is 11.9 Å². The monoisotopic (exact) mass is 205 g/mol. The summed E-state index contributed by atoms with van der Waals surface area (Å²) >= 11 is 0. The quantitative estimate of drug-likeness (QED) is 0.557. The normalized spacial score (nSPS) is 11.5. The number of hydrogen-bond acceptors (Lipinski definition) is 1. The Kier molecular flexibility index (Phi) is 5.09. The molecule has 15 heavy (non-hydrogen) atoms. The van der Waals surface area contributed by atoms with Gasteiger partial charge in [-0.15, -0.1) is 0 Å². The third-order valence-corrected chi connectivity index (χ3v) is 2.50. The van der Waals surface area contributed by atoms with Gasteiger partial charge in [-0.1, -0.05) is 13.8 Å². The fraction of sp³-hybridized carbons (Fsp3) is 0.500. The minimum absolute atomic E-state index is 0.364. The van der Waals surface area contributed by atoms with Gasteiger partial charge in [-0.05, 0) is 37.3 Å². The molecule has 0 bridgehead atoms. The summed E-state index contributed by atoms with van der Waals surface area (Å²) in [6.45, 7) is 6.77. The number of aromatic nitrogens is 1. The van der Waals surface area contributed by atoms with E-state index >= 15 is 0 Å². The van der Waals surface area contributed by atoms with E-state index in [1.807, 2.05) is 18.5 Å². The summed E-state index contributed by atoms with van der Waals surface area (Å²) in [5, 5.41) is 0. The fourth-order valence-electron chi connectivity index (χ4n) is 1.51. The zero-order chi connectivity index (χ0) is 11.1. The van der Waals surface area contributed by atoms with Crippen molar-refractivity contribution in [2.45, 2.75) is 39.8 Å². The lowest BCUT2D eigenvalue weighted by Crippen LogP contribution is -2.11. The second-order valence-corrected chi connectivity index (χ2v) is 3.91. The number of H-pyrrole nitrogens is 1. The van der Waals surface area contributed by atoms with Crippen LogP contribution in [0.15, 0.2) is 30.2 Å². The Morgan fingerprint density at radius 1 is 1.47 bits per heavy atom. The highest BCUT2D eigenvalue weighted by Gasteiger charge is 2.09. The lowest BCUT2D eigenvalue weighted by atomic mass is 9.63. The van der Waals surface area contributed by atoms with E-state index in [0.717, 1.165) is 19.1 Å². The zero-order valence-corrected chi connectivity index (χ0v) is 9.92. The minimum Gasteiger partial charge on any atom is -0.566 e. The number of hydrogen-bond donors (Lipinski definition) is 1. The summed E-state index contributed by atoms with van der Waals surface area (Å²) in [5.74, 6) is 0. The van der Waals surface area contributed by atoms with Gasteiger partial charge < -0.3 is 9.64 Å². The molecule has 0 atom stereocenters. The fourth-order valence-corrected chi connectivity index (χ4v) is 1.51. The zero-order valence-electron chi connectivity index (χ0n) is 9.92. The first-order valence-electron chi connectivity index (χ1n) is 5.69. The van der Waals surface area contributed by atoms with Crippen LogP contribution in [0.1, 0.15) is 26.5 Å². The van der Waals surface area contributed by atoms with Gasteiger partial charge in [0.2, 0.25) is 0 Å². The molecule has 0 saturated heterocycles. The summed E-state index contributed by atoms with van der Waals surface area (Å²) in [6.07, 6.45) is 6.93. The van der Waals surface area contributed by atoms with Crippen molar-refractivity contribution in [1.29, 1.82) is 0 Å². The predicted octanol–water partition coefficient (Wildman–Crippen LogP) is 3.51. The summed E-state index contributed by atoms with van der Waals surface area (Å²) < 4.78 is 5.68. The predicted molar refractivity (Wildman–Crippen MR) is 66.1 cm³/mol. The summed E-state index contributed by atoms with van der Waals surface area (Å²) in [6, 6.07) is 4.11. The Bertz CT molecular complexity index is 289. The maximum absolute atomic E-state index is 5.68. The Balaban J connectivity index is 2.39. The maximum atomic E-state index is 5.68. The number of nitrogens with one attached hydrogen (secondary N) is 1. The molecule has 2 nitrogen and oxygen atoms in total. The van der Waals surface area contributed by atoms with Crippen molar-refractivity contribution in [3.05, 3.63) is 35.9 Å². The van der Waals surface area contributed by atoms with Gasteiger partial charge in [0, 0.05) is 18.3 Å². The van der Waals surface area contributed by atoms with Gasteiger partial charge >= 0.3 is 6.92 Å². The topological polar surface area (TPSA) is 25.0 Å². The Morgan fingerprint density at radius 2 is 2.20 bits per heavy atom. The molecule has 0 aromatic carbocycles. The van der Waals surface area contributed by atoms with Gasteiger partial charge in [0.25, 0.3) is 0 Å². The molecule has 0 aliphatic heterocycles. The van der Waals surface area contributed by atoms with Gasteiger partial charge in [-0.3, -0.25) is 0 Å². The van der Waals surface area contributed by atoms with Crippen LogP contribution in [0, 0.1) is 0 Å². The molecule has 0 radical (unpaired) electrons. The highest BCUT2D eigenvalue weighted by molar-refractivity contribution is 6.51. The van der Waals surface area contributed by atoms with Crippen LogP contribution in [-0.2, 0) is 11.1 Å². The van der Waals surface area contributed by atoms with Crippen molar-refractivity contribution in [1.82, 2.24) is 4.98 Å². The smallest absolute Gasteiger partial charge is 0.356 e. The van der Waals surface area contributed by atoms with E-state index in [1.165, 1.54) is 11.3 Å². The van der Waals surface area contributed by atoms with Gasteiger partial charge in [0.05, 0.1) is 6.26 Å². The van der Waals surface area contributed by atoms with Crippen LogP contribution >= 0.6 is 0 Å². The number of allylic oxidation sites excluding steroid dienone is 1. The van der Waals surface area contributed by atoms with Crippen molar-refractivity contribution < 1.29 is 4.65 Å². The molecule has 1 heterocycles. The molecule has 1 aromatic rings. The number of aromatic amines is 1. The average Bonchev–Trinajstić information content (AvgIpc) is 2.72. The highest BCUT2D eigenvalue weighted by atomic mass is 16.4. The van der Waals surface area contributed by atoms with Crippen LogP contribution in [0.4, 0.5) is 0 Å². The van der Waals surface area contributed by atoms with Crippen LogP contribution < -0.4 is 0 Å². The van der Waals surface area contributed by atoms with E-state index in [0.29, 0.717) is 6.92 Å². The molecule has 0 saturated carbocycles. The van der Waals surface area contributed by atoms with Crippen molar-refractivity contribution >= 4 is 6.92 Å². The van der Waals surface area contributed by atoms with E-state index in [-0.39, 0.29) is 0 Å². The van der Waals surface area contributed by atoms with Crippen molar-refractivity contribution in [2.24, 2.45) is 0 Å². The second kappa shape index (κ2) is 6.38. The SMILES string of the molecule is CCB(CC)O/C=C(\C)Cc1ccc[nH]1. The molecular formula is C12H20BNO. The first-order chi connectivity index (χ1) is 7.26. The van der Waals surface area contributed by atoms with Crippen LogP contribution in [0.5, 0.6) is 0 Å². The molecule has 0 aliphatic rings. The van der Waals surface area contributed by atoms with Crippen LogP contribution in [0.3, 0.4) is 0 Å². The minimum atomic E-state index is 0.364. The Hall–Kier alpha value is -1.12. The van der Waals surface area contributed by atoms with Gasteiger partial charge in [-0.2, -0.15) is 0 Å². The van der Waals surface area contributed by atoms with Crippen molar-refractivity contribution in [2.75, 3.05) is 0 Å². The molecule has 0 fully saturated rings. The van der Waals surface area contributed by atoms with Crippen molar-refractivity contribution in [3.63, 3.8) is 0 Å². The molecule has 0 spiro atoms. The van der Waals surface area contributed by atoms with E-state index in [2.05, 4.69) is 31.8 Å². The first kappa shape index (κ1) is 12.0. The number of rotatable bonds is 6. The van der Waals surface area contributed by atoms with Gasteiger partial charge in [-0.25, -0.2) is 0 Å². The molecule has 1 N–H and O–H groups in total. The summed E-state index contributed by atoms with van der Waals surface area (Å²) in [7, 11) is 0. The largest absolute Gasteiger partial charge is 0.566 e. The van der Waals surface area contributed by atoms with E-state index < -0.39 is 0 Å². The molecule has 82 valence electrons. The van der Waals surface area contributed by atoms with E-state index in [4.69, 9.17) is 4.65 Å². The molecule has 0 amide bonds. The Morgan fingerprint density at radius 3 is 2.73 bits per heavy atom. The molecule has 0 aliphatic carbocycles. The average molecular weight is 205 g/mol. The van der Waals surface area contributed by atoms with Crippen LogP contribution in [0.25, 0.3) is 0 Å². The highest BCUT2D eigenvalue weighted by Crippen LogP contribution is 2.07. The molecule has 1 aromatic heterocycles. The van der Waals surface area contributed by atoms with Crippen molar-refractivity contribution in [3.8, 4) is 0 Å². The lowest BCUT2D eigenvalue weighted by molar-refractivity contribution is 0.481. The van der Waals surface area contributed by atoms with E-state index in [1.54, 1.807) is 0 Å². The maximum Gasteiger partial charge on any atom is 0.356 e. The third kappa shape index (κ3) is 4.28. The first-order valence-corrected chi connectivity index (χ1v) is 5.69.